The summed E-state index contributed by atoms with van der Waals surface area (Å²) in [7, 11) is 1.49. The molecule has 2 aliphatic heterocycles. The number of aromatic hydroxyl groups is 1. The maximum absolute atomic E-state index is 14.4. The zero-order valence-corrected chi connectivity index (χ0v) is 51.7. The van der Waals surface area contributed by atoms with E-state index < -0.39 is 77.8 Å². The van der Waals surface area contributed by atoms with Crippen LogP contribution >= 0.6 is 0 Å². The molecule has 9 N–H and O–H groups in total. The largest absolute Gasteiger partial charge is 0.508 e. The molecular formula is C64H74N12O17. The molecule has 0 aliphatic carbocycles. The average molecular weight is 1280 g/mol. The highest BCUT2D eigenvalue weighted by atomic mass is 16.6. The van der Waals surface area contributed by atoms with Gasteiger partial charge in [-0.3, -0.25) is 33.7 Å². The van der Waals surface area contributed by atoms with Crippen molar-refractivity contribution in [2.75, 3.05) is 101 Å². The average Bonchev–Trinajstić information content (AvgIpc) is 1.62. The van der Waals surface area contributed by atoms with Crippen LogP contribution in [0.1, 0.15) is 64.2 Å². The number of aromatic nitrogens is 2. The van der Waals surface area contributed by atoms with E-state index in [2.05, 4.69) is 31.6 Å². The molecule has 0 radical (unpaired) electrons. The van der Waals surface area contributed by atoms with Gasteiger partial charge in [-0.2, -0.15) is 0 Å². The summed E-state index contributed by atoms with van der Waals surface area (Å²) in [6.45, 7) is 4.98. The molecule has 2 aromatic heterocycles. The fraction of sp³-hybridized carbons (Fsp3) is 0.359. The van der Waals surface area contributed by atoms with Crippen molar-refractivity contribution < 1.29 is 81.8 Å². The number of nitrogens with two attached hydrogens (primary N) is 1. The van der Waals surface area contributed by atoms with Crippen LogP contribution in [0.15, 0.2) is 109 Å². The van der Waals surface area contributed by atoms with Crippen LogP contribution in [-0.2, 0) is 51.2 Å². The second-order valence-corrected chi connectivity index (χ2v) is 22.0. The van der Waals surface area contributed by atoms with Gasteiger partial charge in [-0.1, -0.05) is 44.2 Å². The number of benzene rings is 4. The van der Waals surface area contributed by atoms with Crippen molar-refractivity contribution in [3.63, 3.8) is 0 Å². The lowest BCUT2D eigenvalue weighted by Crippen LogP contribution is -2.54. The number of fused-ring (bicyclic) bond motifs is 4. The Bertz CT molecular complexity index is 3750. The van der Waals surface area contributed by atoms with E-state index in [-0.39, 0.29) is 109 Å². The van der Waals surface area contributed by atoms with Crippen LogP contribution in [0.3, 0.4) is 0 Å². The maximum Gasteiger partial charge on any atom is 0.415 e. The fourth-order valence-corrected chi connectivity index (χ4v) is 10.1. The predicted octanol–water partition coefficient (Wildman–Crippen LogP) is 4.60. The van der Waals surface area contributed by atoms with E-state index in [1.165, 1.54) is 41.1 Å². The van der Waals surface area contributed by atoms with Crippen LogP contribution in [0.25, 0.3) is 16.4 Å². The van der Waals surface area contributed by atoms with Crippen LogP contribution in [0, 0.1) is 12.8 Å². The maximum atomic E-state index is 14.4. The Morgan fingerprint density at radius 3 is 2.23 bits per heavy atom. The molecule has 0 unspecified atom stereocenters. The summed E-state index contributed by atoms with van der Waals surface area (Å²) in [5.41, 5.74) is 9.75. The molecule has 11 amide bonds. The van der Waals surface area contributed by atoms with E-state index in [1.54, 1.807) is 78.0 Å². The molecule has 4 aromatic carbocycles. The highest BCUT2D eigenvalue weighted by Gasteiger charge is 2.33. The molecule has 492 valence electrons. The van der Waals surface area contributed by atoms with E-state index >= 15 is 0 Å². The third-order valence-corrected chi connectivity index (χ3v) is 15.0. The van der Waals surface area contributed by atoms with Gasteiger partial charge >= 0.3 is 24.3 Å². The molecule has 2 aliphatic rings. The quantitative estimate of drug-likeness (QED) is 0.0226. The van der Waals surface area contributed by atoms with Crippen molar-refractivity contribution in [2.45, 2.75) is 58.7 Å². The van der Waals surface area contributed by atoms with Crippen LogP contribution < -0.4 is 42.0 Å². The van der Waals surface area contributed by atoms with Gasteiger partial charge in [0.2, 0.25) is 11.8 Å². The Balaban J connectivity index is 0.851. The highest BCUT2D eigenvalue weighted by Crippen LogP contribution is 2.42. The Kier molecular flexibility index (Phi) is 23.8. The Labute approximate surface area is 534 Å². The predicted molar refractivity (Wildman–Crippen MR) is 337 cm³/mol. The molecule has 0 spiro atoms. The molecule has 0 saturated carbocycles. The Morgan fingerprint density at radius 2 is 1.51 bits per heavy atom. The first kappa shape index (κ1) is 68.3. The summed E-state index contributed by atoms with van der Waals surface area (Å²) in [6.07, 6.45) is 3.84. The van der Waals surface area contributed by atoms with Gasteiger partial charge in [0.1, 0.15) is 48.1 Å². The van der Waals surface area contributed by atoms with Crippen molar-refractivity contribution in [1.82, 2.24) is 40.0 Å². The van der Waals surface area contributed by atoms with Gasteiger partial charge in [0.15, 0.2) is 0 Å². The number of pyridine rings is 1. The van der Waals surface area contributed by atoms with Crippen LogP contribution in [0.4, 0.5) is 36.2 Å². The second-order valence-electron chi connectivity index (χ2n) is 22.0. The molecular weight excluding hydrogens is 1210 g/mol. The lowest BCUT2D eigenvalue weighted by molar-refractivity contribution is -0.137. The van der Waals surface area contributed by atoms with Crippen molar-refractivity contribution in [3.05, 3.63) is 137 Å². The summed E-state index contributed by atoms with van der Waals surface area (Å²) >= 11 is 0. The number of aryl methyl sites for hydroxylation is 1. The number of likely N-dealkylation sites (N-methyl/N-ethyl adjacent to an activating group) is 1. The number of primary amides is 1. The minimum Gasteiger partial charge on any atom is -0.508 e. The number of rotatable bonds is 30. The van der Waals surface area contributed by atoms with Crippen LogP contribution in [-0.4, -0.2) is 192 Å². The van der Waals surface area contributed by atoms with E-state index in [0.29, 0.717) is 52.2 Å². The van der Waals surface area contributed by atoms with Gasteiger partial charge < -0.3 is 85.3 Å². The number of anilines is 3. The smallest absolute Gasteiger partial charge is 0.415 e. The van der Waals surface area contributed by atoms with Crippen molar-refractivity contribution in [3.8, 4) is 11.5 Å². The first-order chi connectivity index (χ1) is 44.7. The number of imide groups is 1. The van der Waals surface area contributed by atoms with Crippen molar-refractivity contribution >= 4 is 93.2 Å². The first-order valence-corrected chi connectivity index (χ1v) is 29.9. The molecule has 0 fully saturated rings. The third kappa shape index (κ3) is 18.5. The molecule has 2 atom stereocenters. The number of amides is 11. The number of alkyl carbamates (subject to hydrolysis) is 1. The van der Waals surface area contributed by atoms with Crippen LogP contribution in [0.2, 0.25) is 0 Å². The summed E-state index contributed by atoms with van der Waals surface area (Å²) in [6, 6.07) is 19.7. The topological polar surface area (TPSA) is 374 Å². The Morgan fingerprint density at radius 1 is 0.774 bits per heavy atom. The zero-order chi connectivity index (χ0) is 66.7. The number of hydrogen-bond donors (Lipinski definition) is 8. The number of nitrogens with zero attached hydrogens (tertiary/aromatic N) is 6. The second kappa shape index (κ2) is 32.4. The lowest BCUT2D eigenvalue weighted by Gasteiger charge is -2.26. The van der Waals surface area contributed by atoms with Crippen molar-refractivity contribution in [2.24, 2.45) is 11.7 Å². The number of imidazole rings is 1. The SMILES string of the molecule is Cc1cccc2c(OC(=O)N(CCOCCO)CCN(C)C(=O)OCc3ccc(NC(=O)[C@H](CCCNC(N)=O)NC(=O)[C@@H](NC(=O)OCCOCCN4C(=O)C=CC4=O)C(C)C)cc3)cc3c(c12)CCN3C(=O)c1cn2cc(NC(=O)c3ccc(O)cc3)ccc2n1. The number of hydrogen-bond acceptors (Lipinski definition) is 18. The standard InChI is InChI=1S/C64H74N12O17/c1-39(2)56(71-62(86)91-34-33-90-31-28-76-53(79)20-21-54(76)80)59(83)70-48(9-6-23-66-61(65)85)58(82)67-43-14-10-41(11-15-43)38-92-63(87)72(4)25-26-73(27-30-89-32-29-77)64(88)93-51-35-50-46(55-40(3)7-5-8-47(51)55)22-24-75(50)60(84)49-37-74-36-44(16-19-52(74)69-49)68-57(81)42-12-17-45(78)18-13-42/h5,7-8,10-21,35-37,39,48,56,77-78H,6,9,22-34,38H2,1-4H3,(H,67,82)(H,68,81)(H,70,83)(H,71,86)(H3,65,66,85)/t48-,56-/m0/s1. The summed E-state index contributed by atoms with van der Waals surface area (Å²) < 4.78 is 29.5. The number of carbonyl (C=O) groups is 10. The minimum absolute atomic E-state index is 0.00787. The molecule has 8 rings (SSSR count). The van der Waals surface area contributed by atoms with E-state index in [1.807, 2.05) is 25.1 Å². The number of aliphatic hydroxyl groups excluding tert-OH is 1. The number of phenolic OH excluding ortho intramolecular Hbond substituents is 1. The lowest BCUT2D eigenvalue weighted by atomic mass is 9.97. The summed E-state index contributed by atoms with van der Waals surface area (Å²) in [5, 5.41) is 33.7. The number of aliphatic hydroxyl groups is 1. The molecule has 0 saturated heterocycles. The van der Waals surface area contributed by atoms with Gasteiger partial charge in [0.05, 0.1) is 51.0 Å². The molecule has 29 nitrogen and oxygen atoms in total. The molecule has 6 aromatic rings. The fourth-order valence-electron chi connectivity index (χ4n) is 10.1. The molecule has 93 heavy (non-hydrogen) atoms. The number of carbonyl (C=O) groups excluding carboxylic acids is 10. The monoisotopic (exact) mass is 1280 g/mol. The highest BCUT2D eigenvalue weighted by molar-refractivity contribution is 6.13. The minimum atomic E-state index is -1.16. The van der Waals surface area contributed by atoms with E-state index in [0.717, 1.165) is 33.6 Å². The van der Waals surface area contributed by atoms with Gasteiger partial charge in [-0.25, -0.2) is 24.2 Å². The third-order valence-electron chi connectivity index (χ3n) is 15.0. The number of nitrogens with one attached hydrogen (secondary N) is 5. The van der Waals surface area contributed by atoms with Crippen LogP contribution in [0.5, 0.6) is 11.5 Å². The van der Waals surface area contributed by atoms with E-state index in [4.69, 9.17) is 29.4 Å². The number of phenols is 1. The van der Waals surface area contributed by atoms with Gasteiger partial charge in [-0.15, -0.1) is 0 Å². The van der Waals surface area contributed by atoms with Crippen molar-refractivity contribution in [1.29, 1.82) is 0 Å². The summed E-state index contributed by atoms with van der Waals surface area (Å²) in [4.78, 5) is 140. The number of ether oxygens (including phenoxy) is 5. The Hall–Kier alpha value is -10.7. The number of urea groups is 1. The molecule has 29 heteroatoms. The first-order valence-electron chi connectivity index (χ1n) is 29.9. The molecule has 4 heterocycles. The summed E-state index contributed by atoms with van der Waals surface area (Å²) in [5.74, 6) is -3.30. The molecule has 0 bridgehead atoms. The van der Waals surface area contributed by atoms with Gasteiger partial charge in [0, 0.05) is 87.0 Å². The van der Waals surface area contributed by atoms with Gasteiger partial charge in [-0.05, 0) is 103 Å². The zero-order valence-electron chi connectivity index (χ0n) is 51.7. The van der Waals surface area contributed by atoms with E-state index in [9.17, 15) is 58.2 Å². The van der Waals surface area contributed by atoms with Gasteiger partial charge in [0.25, 0.3) is 23.6 Å². The normalized spacial score (nSPS) is 13.1.